The third kappa shape index (κ3) is 10.3. The third-order valence-electron chi connectivity index (χ3n) is 4.01. The number of rotatable bonds is 13. The molecule has 0 aliphatic rings. The molecule has 0 fully saturated rings. The van der Waals surface area contributed by atoms with Crippen molar-refractivity contribution >= 4 is 29.7 Å². The molecule has 0 rings (SSSR count). The quantitative estimate of drug-likeness (QED) is 0.0970. The topological polar surface area (TPSA) is 215 Å². The smallest absolute Gasteiger partial charge is 0.326 e. The Morgan fingerprint density at radius 1 is 1.11 bits per heavy atom. The number of carbonyl (C=O) groups is 4. The molecule has 12 nitrogen and oxygen atoms in total. The number of carboxylic acid groups (broad SMARTS) is 1. The number of amides is 3. The van der Waals surface area contributed by atoms with Crippen LogP contribution in [-0.2, 0) is 19.2 Å². The molecule has 0 aromatic carbocycles. The average Bonchev–Trinajstić information content (AvgIpc) is 2.64. The Hall–Kier alpha value is -2.89. The summed E-state index contributed by atoms with van der Waals surface area (Å²) in [5.41, 5.74) is 15.6. The van der Waals surface area contributed by atoms with Crippen LogP contribution in [0, 0.1) is 5.92 Å². The number of aliphatic imine (C=N–C) groups is 1. The zero-order valence-electron chi connectivity index (χ0n) is 16.2. The van der Waals surface area contributed by atoms with Gasteiger partial charge in [0.2, 0.25) is 17.7 Å². The number of nitrogens with two attached hydrogens (primary N) is 3. The Morgan fingerprint density at radius 3 is 2.25 bits per heavy atom. The van der Waals surface area contributed by atoms with Gasteiger partial charge in [-0.3, -0.25) is 19.4 Å². The average molecular weight is 401 g/mol. The van der Waals surface area contributed by atoms with E-state index >= 15 is 0 Å². The molecule has 0 radical (unpaired) electrons. The summed E-state index contributed by atoms with van der Waals surface area (Å²) < 4.78 is 0. The van der Waals surface area contributed by atoms with E-state index in [1.807, 2.05) is 0 Å². The maximum atomic E-state index is 12.6. The molecule has 0 saturated heterocycles. The van der Waals surface area contributed by atoms with Crippen molar-refractivity contribution in [1.29, 1.82) is 0 Å². The molecule has 0 saturated carbocycles. The van der Waals surface area contributed by atoms with Gasteiger partial charge in [0, 0.05) is 6.54 Å². The number of aliphatic carboxylic acids is 1. The van der Waals surface area contributed by atoms with E-state index in [0.717, 1.165) is 0 Å². The molecule has 3 atom stereocenters. The van der Waals surface area contributed by atoms with Crippen molar-refractivity contribution in [3.05, 3.63) is 0 Å². The minimum Gasteiger partial charge on any atom is -0.480 e. The predicted octanol–water partition coefficient (Wildman–Crippen LogP) is -2.78. The molecule has 0 aliphatic carbocycles. The number of guanidine groups is 1. The van der Waals surface area contributed by atoms with Crippen molar-refractivity contribution in [2.75, 3.05) is 19.6 Å². The molecule has 0 aromatic rings. The van der Waals surface area contributed by atoms with Crippen LogP contribution in [0.1, 0.15) is 33.1 Å². The zero-order chi connectivity index (χ0) is 21.7. The van der Waals surface area contributed by atoms with Crippen LogP contribution in [0.3, 0.4) is 0 Å². The summed E-state index contributed by atoms with van der Waals surface area (Å²) in [4.78, 5) is 50.9. The van der Waals surface area contributed by atoms with Crippen LogP contribution >= 0.6 is 0 Å². The van der Waals surface area contributed by atoms with E-state index in [0.29, 0.717) is 12.8 Å². The number of carbonyl (C=O) groups excluding carboxylic acids is 3. The molecule has 0 aromatic heterocycles. The van der Waals surface area contributed by atoms with Crippen LogP contribution in [0.25, 0.3) is 0 Å². The Bertz CT molecular complexity index is 578. The Labute approximate surface area is 163 Å². The second kappa shape index (κ2) is 13.3. The number of carboxylic acids is 1. The van der Waals surface area contributed by atoms with E-state index in [4.69, 9.17) is 17.2 Å². The van der Waals surface area contributed by atoms with Gasteiger partial charge in [-0.05, 0) is 18.8 Å². The first-order valence-electron chi connectivity index (χ1n) is 8.97. The SMILES string of the molecule is CCC(C)C(NC(=O)C(CCCN=C(N)N)NC(=O)CNC(=O)CN)C(=O)O. The molecule has 160 valence electrons. The summed E-state index contributed by atoms with van der Waals surface area (Å²) in [6.45, 7) is 3.11. The molecule has 0 heterocycles. The first-order chi connectivity index (χ1) is 13.1. The van der Waals surface area contributed by atoms with Gasteiger partial charge in [0.25, 0.3) is 0 Å². The minimum absolute atomic E-state index is 0.0998. The van der Waals surface area contributed by atoms with Gasteiger partial charge < -0.3 is 38.3 Å². The molecule has 12 heteroatoms. The number of hydrogen-bond acceptors (Lipinski definition) is 6. The van der Waals surface area contributed by atoms with E-state index in [9.17, 15) is 24.3 Å². The summed E-state index contributed by atoms with van der Waals surface area (Å²) in [6.07, 6.45) is 1.09. The molecular weight excluding hydrogens is 370 g/mol. The predicted molar refractivity (Wildman–Crippen MR) is 103 cm³/mol. The lowest BCUT2D eigenvalue weighted by Crippen LogP contribution is -2.54. The molecule has 0 aliphatic heterocycles. The van der Waals surface area contributed by atoms with Crippen molar-refractivity contribution in [3.8, 4) is 0 Å². The summed E-state index contributed by atoms with van der Waals surface area (Å²) >= 11 is 0. The van der Waals surface area contributed by atoms with Gasteiger partial charge >= 0.3 is 5.97 Å². The standard InChI is InChI=1S/C16H31N7O5/c1-3-9(2)13(15(27)28)23-14(26)10(5-4-6-20-16(18)19)22-12(25)8-21-11(24)7-17/h9-10,13H,3-8,17H2,1-2H3,(H,21,24)(H,22,25)(H,23,26)(H,27,28)(H4,18,19,20). The first-order valence-corrected chi connectivity index (χ1v) is 8.97. The Balaban J connectivity index is 5.04. The highest BCUT2D eigenvalue weighted by Crippen LogP contribution is 2.09. The largest absolute Gasteiger partial charge is 0.480 e. The lowest BCUT2D eigenvalue weighted by Gasteiger charge is -2.24. The van der Waals surface area contributed by atoms with Gasteiger partial charge in [-0.15, -0.1) is 0 Å². The van der Waals surface area contributed by atoms with Gasteiger partial charge in [0.1, 0.15) is 12.1 Å². The molecule has 3 unspecified atom stereocenters. The van der Waals surface area contributed by atoms with Crippen molar-refractivity contribution < 1.29 is 24.3 Å². The fourth-order valence-corrected chi connectivity index (χ4v) is 2.21. The molecule has 0 spiro atoms. The summed E-state index contributed by atoms with van der Waals surface area (Å²) in [6, 6.07) is -2.10. The van der Waals surface area contributed by atoms with Crippen LogP contribution < -0.4 is 33.2 Å². The van der Waals surface area contributed by atoms with E-state index in [-0.39, 0.29) is 37.9 Å². The van der Waals surface area contributed by atoms with Crippen molar-refractivity contribution in [2.24, 2.45) is 28.1 Å². The fraction of sp³-hybridized carbons (Fsp3) is 0.688. The van der Waals surface area contributed by atoms with Gasteiger partial charge in [0.15, 0.2) is 5.96 Å². The van der Waals surface area contributed by atoms with Gasteiger partial charge in [-0.25, -0.2) is 4.79 Å². The Kier molecular flexibility index (Phi) is 11.9. The first kappa shape index (κ1) is 25.1. The van der Waals surface area contributed by atoms with E-state index < -0.39 is 35.8 Å². The lowest BCUT2D eigenvalue weighted by atomic mass is 9.98. The lowest BCUT2D eigenvalue weighted by molar-refractivity contribution is -0.143. The monoisotopic (exact) mass is 401 g/mol. The normalized spacial score (nSPS) is 13.5. The van der Waals surface area contributed by atoms with Crippen molar-refractivity contribution in [3.63, 3.8) is 0 Å². The van der Waals surface area contributed by atoms with E-state index in [1.54, 1.807) is 13.8 Å². The third-order valence-corrected chi connectivity index (χ3v) is 4.01. The highest BCUT2D eigenvalue weighted by atomic mass is 16.4. The molecule has 0 bridgehead atoms. The number of hydrogen-bond donors (Lipinski definition) is 7. The minimum atomic E-state index is -1.16. The van der Waals surface area contributed by atoms with Gasteiger partial charge in [-0.2, -0.15) is 0 Å². The number of nitrogens with zero attached hydrogens (tertiary/aromatic N) is 1. The van der Waals surface area contributed by atoms with Gasteiger partial charge in [-0.1, -0.05) is 20.3 Å². The second-order valence-corrected chi connectivity index (χ2v) is 6.26. The maximum absolute atomic E-state index is 12.6. The van der Waals surface area contributed by atoms with E-state index in [2.05, 4.69) is 20.9 Å². The molecule has 10 N–H and O–H groups in total. The fourth-order valence-electron chi connectivity index (χ4n) is 2.21. The molecular formula is C16H31N7O5. The van der Waals surface area contributed by atoms with E-state index in [1.165, 1.54) is 0 Å². The second-order valence-electron chi connectivity index (χ2n) is 6.26. The molecule has 28 heavy (non-hydrogen) atoms. The summed E-state index contributed by atoms with van der Waals surface area (Å²) in [5.74, 6) is -3.34. The van der Waals surface area contributed by atoms with Crippen LogP contribution in [0.2, 0.25) is 0 Å². The summed E-state index contributed by atoms with van der Waals surface area (Å²) in [7, 11) is 0. The molecule has 3 amide bonds. The highest BCUT2D eigenvalue weighted by molar-refractivity contribution is 5.92. The highest BCUT2D eigenvalue weighted by Gasteiger charge is 2.29. The van der Waals surface area contributed by atoms with Crippen LogP contribution in [0.5, 0.6) is 0 Å². The van der Waals surface area contributed by atoms with Crippen LogP contribution in [-0.4, -0.2) is 66.5 Å². The van der Waals surface area contributed by atoms with Crippen molar-refractivity contribution in [1.82, 2.24) is 16.0 Å². The van der Waals surface area contributed by atoms with Gasteiger partial charge in [0.05, 0.1) is 13.1 Å². The number of nitrogens with one attached hydrogen (secondary N) is 3. The van der Waals surface area contributed by atoms with Crippen molar-refractivity contribution in [2.45, 2.75) is 45.2 Å². The maximum Gasteiger partial charge on any atom is 0.326 e. The summed E-state index contributed by atoms with van der Waals surface area (Å²) in [5, 5.41) is 16.5. The van der Waals surface area contributed by atoms with Crippen LogP contribution in [0.15, 0.2) is 4.99 Å². The zero-order valence-corrected chi connectivity index (χ0v) is 16.2. The Morgan fingerprint density at radius 2 is 1.75 bits per heavy atom. The van der Waals surface area contributed by atoms with Crippen LogP contribution in [0.4, 0.5) is 0 Å².